The van der Waals surface area contributed by atoms with Crippen molar-refractivity contribution in [2.75, 3.05) is 6.54 Å². The van der Waals surface area contributed by atoms with Crippen LogP contribution in [0.4, 0.5) is 0 Å². The highest BCUT2D eigenvalue weighted by atomic mass is 35.5. The van der Waals surface area contributed by atoms with Gasteiger partial charge in [-0.05, 0) is 24.6 Å². The number of aryl methyl sites for hydroxylation is 1. The van der Waals surface area contributed by atoms with Crippen molar-refractivity contribution < 1.29 is 0 Å². The Labute approximate surface area is 91.1 Å². The molecule has 74 valence electrons. The third-order valence-corrected chi connectivity index (χ3v) is 1.46. The lowest BCUT2D eigenvalue weighted by atomic mass is 10.2. The summed E-state index contributed by atoms with van der Waals surface area (Å²) in [4.78, 5) is 4.17. The van der Waals surface area contributed by atoms with Crippen molar-refractivity contribution in [1.29, 1.82) is 0 Å². The molecular weight excluding hydrogens is 207 g/mol. The molecule has 1 rings (SSSR count). The number of hydrogen-bond donors (Lipinski definition) is 1. The van der Waals surface area contributed by atoms with Crippen LogP contribution in [0.2, 0.25) is 0 Å². The van der Waals surface area contributed by atoms with Crippen LogP contribution in [0, 0.1) is 6.92 Å². The summed E-state index contributed by atoms with van der Waals surface area (Å²) >= 11 is 0. The zero-order valence-electron chi connectivity index (χ0n) is 7.43. The van der Waals surface area contributed by atoms with Crippen molar-refractivity contribution in [3.63, 3.8) is 0 Å². The van der Waals surface area contributed by atoms with E-state index in [2.05, 4.69) is 4.98 Å². The highest BCUT2D eigenvalue weighted by Gasteiger charge is 1.90. The Kier molecular flexibility index (Phi) is 9.24. The molecule has 1 aromatic heterocycles. The van der Waals surface area contributed by atoms with Crippen LogP contribution in [0.1, 0.15) is 11.3 Å². The van der Waals surface area contributed by atoms with Gasteiger partial charge in [0.2, 0.25) is 0 Å². The Morgan fingerprint density at radius 1 is 1.46 bits per heavy atom. The predicted octanol–water partition coefficient (Wildman–Crippen LogP) is 2.21. The minimum Gasteiger partial charge on any atom is -0.327 e. The first-order chi connectivity index (χ1) is 5.34. The smallest absolute Gasteiger partial charge is 0.0656 e. The van der Waals surface area contributed by atoms with Crippen molar-refractivity contribution in [2.45, 2.75) is 6.92 Å². The van der Waals surface area contributed by atoms with Crippen LogP contribution < -0.4 is 5.73 Å². The van der Waals surface area contributed by atoms with Gasteiger partial charge >= 0.3 is 0 Å². The third kappa shape index (κ3) is 4.88. The molecule has 13 heavy (non-hydrogen) atoms. The summed E-state index contributed by atoms with van der Waals surface area (Å²) in [6.45, 7) is 2.60. The van der Waals surface area contributed by atoms with E-state index in [0.717, 1.165) is 5.69 Å². The second kappa shape index (κ2) is 8.05. The average Bonchev–Trinajstić information content (AvgIpc) is 2.03. The second-order valence-electron chi connectivity index (χ2n) is 2.34. The molecule has 0 bridgehead atoms. The second-order valence-corrected chi connectivity index (χ2v) is 2.34. The number of nitrogens with zero attached hydrogens (tertiary/aromatic N) is 1. The van der Waals surface area contributed by atoms with Crippen molar-refractivity contribution in [3.8, 4) is 0 Å². The van der Waals surface area contributed by atoms with E-state index < -0.39 is 0 Å². The van der Waals surface area contributed by atoms with Gasteiger partial charge in [-0.2, -0.15) is 0 Å². The van der Waals surface area contributed by atoms with E-state index in [-0.39, 0.29) is 24.8 Å². The third-order valence-electron chi connectivity index (χ3n) is 1.46. The number of nitrogens with two attached hydrogens (primary N) is 1. The topological polar surface area (TPSA) is 38.9 Å². The van der Waals surface area contributed by atoms with Gasteiger partial charge < -0.3 is 5.73 Å². The molecule has 1 heterocycles. The molecule has 0 saturated heterocycles. The SMILES string of the molecule is Cc1cccnc1/C=C/CN.Cl.Cl. The first kappa shape index (κ1) is 14.9. The highest BCUT2D eigenvalue weighted by molar-refractivity contribution is 5.85. The normalized spacial score (nSPS) is 9.08. The first-order valence-electron chi connectivity index (χ1n) is 3.63. The average molecular weight is 221 g/mol. The Hall–Kier alpha value is -0.570. The molecule has 0 aliphatic heterocycles. The van der Waals surface area contributed by atoms with Crippen LogP contribution in [0.15, 0.2) is 24.4 Å². The van der Waals surface area contributed by atoms with Gasteiger partial charge in [0.15, 0.2) is 0 Å². The minimum absolute atomic E-state index is 0. The quantitative estimate of drug-likeness (QED) is 0.831. The van der Waals surface area contributed by atoms with E-state index in [9.17, 15) is 0 Å². The maximum Gasteiger partial charge on any atom is 0.0656 e. The lowest BCUT2D eigenvalue weighted by Crippen LogP contribution is -1.93. The fourth-order valence-corrected chi connectivity index (χ4v) is 0.852. The largest absolute Gasteiger partial charge is 0.327 e. The van der Waals surface area contributed by atoms with Gasteiger partial charge in [-0.1, -0.05) is 12.1 Å². The molecule has 0 aromatic carbocycles. The maximum atomic E-state index is 5.31. The monoisotopic (exact) mass is 220 g/mol. The van der Waals surface area contributed by atoms with E-state index >= 15 is 0 Å². The molecule has 0 amide bonds. The molecular formula is C9H14Cl2N2. The van der Waals surface area contributed by atoms with Crippen molar-refractivity contribution in [3.05, 3.63) is 35.7 Å². The fraction of sp³-hybridized carbons (Fsp3) is 0.222. The molecule has 0 spiro atoms. The minimum atomic E-state index is 0. The van der Waals surface area contributed by atoms with Crippen LogP contribution in [0.3, 0.4) is 0 Å². The summed E-state index contributed by atoms with van der Waals surface area (Å²) in [5.41, 5.74) is 7.49. The van der Waals surface area contributed by atoms with E-state index in [1.54, 1.807) is 6.20 Å². The fourth-order valence-electron chi connectivity index (χ4n) is 0.852. The van der Waals surface area contributed by atoms with Crippen molar-refractivity contribution >= 4 is 30.9 Å². The Balaban J connectivity index is 0. The van der Waals surface area contributed by atoms with Crippen LogP contribution >= 0.6 is 24.8 Å². The van der Waals surface area contributed by atoms with Gasteiger partial charge in [-0.3, -0.25) is 4.98 Å². The van der Waals surface area contributed by atoms with Crippen LogP contribution in [-0.2, 0) is 0 Å². The van der Waals surface area contributed by atoms with Crippen LogP contribution in [0.5, 0.6) is 0 Å². The molecule has 0 fully saturated rings. The molecule has 2 N–H and O–H groups in total. The van der Waals surface area contributed by atoms with Gasteiger partial charge in [0, 0.05) is 12.7 Å². The zero-order valence-corrected chi connectivity index (χ0v) is 9.07. The summed E-state index contributed by atoms with van der Waals surface area (Å²) in [5.74, 6) is 0. The summed E-state index contributed by atoms with van der Waals surface area (Å²) in [6.07, 6.45) is 5.62. The summed E-state index contributed by atoms with van der Waals surface area (Å²) in [6, 6.07) is 3.96. The Bertz CT molecular complexity index is 262. The first-order valence-corrected chi connectivity index (χ1v) is 3.63. The van der Waals surface area contributed by atoms with Crippen molar-refractivity contribution in [2.24, 2.45) is 5.73 Å². The van der Waals surface area contributed by atoms with Crippen LogP contribution in [0.25, 0.3) is 6.08 Å². The standard InChI is InChI=1S/C9H12N2.2ClH/c1-8-4-3-7-11-9(8)5-2-6-10;;/h2-5,7H,6,10H2,1H3;2*1H/b5-2+;;. The molecule has 1 aromatic rings. The summed E-state index contributed by atoms with van der Waals surface area (Å²) < 4.78 is 0. The molecule has 0 unspecified atom stereocenters. The highest BCUT2D eigenvalue weighted by Crippen LogP contribution is 2.03. The van der Waals surface area contributed by atoms with Crippen LogP contribution in [-0.4, -0.2) is 11.5 Å². The molecule has 0 saturated carbocycles. The molecule has 0 atom stereocenters. The number of aromatic nitrogens is 1. The van der Waals surface area contributed by atoms with Gasteiger partial charge in [-0.25, -0.2) is 0 Å². The van der Waals surface area contributed by atoms with E-state index in [0.29, 0.717) is 6.54 Å². The Morgan fingerprint density at radius 2 is 2.15 bits per heavy atom. The number of pyridine rings is 1. The number of rotatable bonds is 2. The van der Waals surface area contributed by atoms with E-state index in [1.807, 2.05) is 31.2 Å². The molecule has 4 heteroatoms. The number of hydrogen-bond acceptors (Lipinski definition) is 2. The molecule has 0 radical (unpaired) electrons. The Morgan fingerprint density at radius 3 is 2.69 bits per heavy atom. The summed E-state index contributed by atoms with van der Waals surface area (Å²) in [5, 5.41) is 0. The molecule has 0 aliphatic rings. The summed E-state index contributed by atoms with van der Waals surface area (Å²) in [7, 11) is 0. The predicted molar refractivity (Wildman–Crippen MR) is 61.6 cm³/mol. The van der Waals surface area contributed by atoms with E-state index in [1.165, 1.54) is 5.56 Å². The molecule has 0 aliphatic carbocycles. The maximum absolute atomic E-state index is 5.31. The zero-order chi connectivity index (χ0) is 8.10. The van der Waals surface area contributed by atoms with E-state index in [4.69, 9.17) is 5.73 Å². The molecule has 2 nitrogen and oxygen atoms in total. The van der Waals surface area contributed by atoms with Crippen molar-refractivity contribution in [1.82, 2.24) is 4.98 Å². The lowest BCUT2D eigenvalue weighted by molar-refractivity contribution is 1.22. The lowest BCUT2D eigenvalue weighted by Gasteiger charge is -1.95. The van der Waals surface area contributed by atoms with Gasteiger partial charge in [0.25, 0.3) is 0 Å². The van der Waals surface area contributed by atoms with Gasteiger partial charge in [0.05, 0.1) is 5.69 Å². The number of halogens is 2. The van der Waals surface area contributed by atoms with Gasteiger partial charge in [-0.15, -0.1) is 24.8 Å². The van der Waals surface area contributed by atoms with Gasteiger partial charge in [0.1, 0.15) is 0 Å².